The maximum absolute atomic E-state index is 6.03. The molecule has 18 heavy (non-hydrogen) atoms. The molecule has 0 aliphatic carbocycles. The summed E-state index contributed by atoms with van der Waals surface area (Å²) in [5.41, 5.74) is 2.50. The first-order valence-corrected chi connectivity index (χ1v) is 6.86. The summed E-state index contributed by atoms with van der Waals surface area (Å²) in [6.07, 6.45) is 0. The van der Waals surface area contributed by atoms with Gasteiger partial charge in [-0.25, -0.2) is 4.98 Å². The molecule has 0 atom stereocenters. The standard InChI is InChI=1S/C13H5Cl2NOS/c14-6-1-2-10-7(3-6)8-4-12-9(5-11(8)17-10)16-13(15)18-12/h1-5H. The number of furan rings is 1. The Hall–Kier alpha value is -1.29. The van der Waals surface area contributed by atoms with Gasteiger partial charge >= 0.3 is 0 Å². The van der Waals surface area contributed by atoms with Gasteiger partial charge in [-0.3, -0.25) is 0 Å². The zero-order valence-corrected chi connectivity index (χ0v) is 11.2. The van der Waals surface area contributed by atoms with Crippen LogP contribution in [0.3, 0.4) is 0 Å². The van der Waals surface area contributed by atoms with Crippen LogP contribution in [0.5, 0.6) is 0 Å². The quantitative estimate of drug-likeness (QED) is 0.428. The van der Waals surface area contributed by atoms with Crippen LogP contribution in [0, 0.1) is 0 Å². The molecule has 2 aromatic carbocycles. The third kappa shape index (κ3) is 1.45. The summed E-state index contributed by atoms with van der Waals surface area (Å²) in [6.45, 7) is 0. The molecule has 0 aliphatic rings. The van der Waals surface area contributed by atoms with Gasteiger partial charge in [-0.1, -0.05) is 23.2 Å². The van der Waals surface area contributed by atoms with Gasteiger partial charge in [0.05, 0.1) is 10.2 Å². The maximum Gasteiger partial charge on any atom is 0.184 e. The Labute approximate surface area is 116 Å². The highest BCUT2D eigenvalue weighted by molar-refractivity contribution is 7.22. The average Bonchev–Trinajstić information content (AvgIpc) is 2.85. The van der Waals surface area contributed by atoms with E-state index in [1.54, 1.807) is 0 Å². The van der Waals surface area contributed by atoms with E-state index in [1.807, 2.05) is 24.3 Å². The molecule has 0 fully saturated rings. The number of halogens is 2. The van der Waals surface area contributed by atoms with E-state index in [2.05, 4.69) is 11.1 Å². The van der Waals surface area contributed by atoms with Crippen molar-refractivity contribution in [3.8, 4) is 0 Å². The molecule has 0 aliphatic heterocycles. The Morgan fingerprint density at radius 1 is 1.00 bits per heavy atom. The molecule has 0 saturated carbocycles. The van der Waals surface area contributed by atoms with Crippen LogP contribution in [0.1, 0.15) is 0 Å². The van der Waals surface area contributed by atoms with E-state index in [-0.39, 0.29) is 0 Å². The summed E-state index contributed by atoms with van der Waals surface area (Å²) in [5, 5.41) is 2.76. The van der Waals surface area contributed by atoms with Gasteiger partial charge in [-0.2, -0.15) is 0 Å². The van der Waals surface area contributed by atoms with Crippen molar-refractivity contribution in [2.45, 2.75) is 0 Å². The number of benzene rings is 2. The molecule has 0 N–H and O–H groups in total. The summed E-state index contributed by atoms with van der Waals surface area (Å²) >= 11 is 13.4. The van der Waals surface area contributed by atoms with Crippen LogP contribution in [0.15, 0.2) is 34.7 Å². The van der Waals surface area contributed by atoms with Crippen LogP contribution in [-0.4, -0.2) is 4.98 Å². The van der Waals surface area contributed by atoms with E-state index in [1.165, 1.54) is 11.3 Å². The van der Waals surface area contributed by atoms with Gasteiger partial charge in [-0.15, -0.1) is 11.3 Å². The Morgan fingerprint density at radius 3 is 2.72 bits per heavy atom. The lowest BCUT2D eigenvalue weighted by Gasteiger charge is -1.90. The number of nitrogens with zero attached hydrogens (tertiary/aromatic N) is 1. The van der Waals surface area contributed by atoms with Crippen LogP contribution >= 0.6 is 34.5 Å². The lowest BCUT2D eigenvalue weighted by molar-refractivity contribution is 0.669. The van der Waals surface area contributed by atoms with Crippen molar-refractivity contribution in [3.05, 3.63) is 39.8 Å². The molecule has 0 unspecified atom stereocenters. The molecule has 2 nitrogen and oxygen atoms in total. The number of thiazole rings is 1. The van der Waals surface area contributed by atoms with Crippen LogP contribution in [0.4, 0.5) is 0 Å². The van der Waals surface area contributed by atoms with Crippen molar-refractivity contribution in [2.75, 3.05) is 0 Å². The summed E-state index contributed by atoms with van der Waals surface area (Å²) in [5.74, 6) is 0. The van der Waals surface area contributed by atoms with Gasteiger partial charge in [0.1, 0.15) is 11.2 Å². The Kier molecular flexibility index (Phi) is 2.13. The predicted molar refractivity (Wildman–Crippen MR) is 76.9 cm³/mol. The van der Waals surface area contributed by atoms with E-state index in [0.29, 0.717) is 9.49 Å². The highest BCUT2D eigenvalue weighted by atomic mass is 35.5. The highest BCUT2D eigenvalue weighted by Crippen LogP contribution is 2.35. The fraction of sp³-hybridized carbons (Fsp3) is 0. The molecule has 0 radical (unpaired) electrons. The van der Waals surface area contributed by atoms with E-state index in [9.17, 15) is 0 Å². The number of fused-ring (bicyclic) bond motifs is 4. The predicted octanol–water partition coefficient (Wildman–Crippen LogP) is 5.50. The molecule has 0 amide bonds. The summed E-state index contributed by atoms with van der Waals surface area (Å²) < 4.78 is 7.38. The first-order chi connectivity index (χ1) is 8.70. The fourth-order valence-electron chi connectivity index (χ4n) is 2.14. The minimum atomic E-state index is 0.542. The van der Waals surface area contributed by atoms with Crippen LogP contribution in [0.25, 0.3) is 32.2 Å². The molecular formula is C13H5Cl2NOS. The maximum atomic E-state index is 6.03. The zero-order valence-electron chi connectivity index (χ0n) is 8.91. The molecule has 0 saturated heterocycles. The Bertz CT molecular complexity index is 909. The minimum absolute atomic E-state index is 0.542. The van der Waals surface area contributed by atoms with Crippen LogP contribution < -0.4 is 0 Å². The highest BCUT2D eigenvalue weighted by Gasteiger charge is 2.11. The first-order valence-electron chi connectivity index (χ1n) is 5.28. The number of hydrogen-bond acceptors (Lipinski definition) is 3. The molecule has 5 heteroatoms. The molecule has 88 valence electrons. The molecule has 0 bridgehead atoms. The largest absolute Gasteiger partial charge is 0.456 e. The van der Waals surface area contributed by atoms with Crippen molar-refractivity contribution in [1.29, 1.82) is 0 Å². The Balaban J connectivity index is 2.23. The molecule has 4 rings (SSSR count). The van der Waals surface area contributed by atoms with Crippen molar-refractivity contribution < 1.29 is 4.42 Å². The smallest absolute Gasteiger partial charge is 0.184 e. The second-order valence-corrected chi connectivity index (χ2v) is 6.07. The van der Waals surface area contributed by atoms with Gasteiger partial charge in [0.25, 0.3) is 0 Å². The second kappa shape index (κ2) is 3.60. The van der Waals surface area contributed by atoms with Gasteiger partial charge in [0.2, 0.25) is 0 Å². The van der Waals surface area contributed by atoms with Crippen molar-refractivity contribution in [3.63, 3.8) is 0 Å². The van der Waals surface area contributed by atoms with E-state index in [0.717, 1.165) is 32.2 Å². The SMILES string of the molecule is Clc1ccc2oc3cc4nc(Cl)sc4cc3c2c1. The van der Waals surface area contributed by atoms with Gasteiger partial charge in [-0.05, 0) is 24.3 Å². The fourth-order valence-corrected chi connectivity index (χ4v) is 3.37. The molecule has 0 spiro atoms. The van der Waals surface area contributed by atoms with Gasteiger partial charge in [0.15, 0.2) is 4.47 Å². The average molecular weight is 294 g/mol. The van der Waals surface area contributed by atoms with Crippen LogP contribution in [0.2, 0.25) is 9.49 Å². The number of rotatable bonds is 0. The van der Waals surface area contributed by atoms with Gasteiger partial charge < -0.3 is 4.42 Å². The van der Waals surface area contributed by atoms with E-state index in [4.69, 9.17) is 27.6 Å². The third-order valence-corrected chi connectivity index (χ3v) is 4.27. The second-order valence-electron chi connectivity index (χ2n) is 4.03. The number of aromatic nitrogens is 1. The van der Waals surface area contributed by atoms with E-state index >= 15 is 0 Å². The molecule has 2 heterocycles. The first kappa shape index (κ1) is 10.6. The molecule has 4 aromatic rings. The van der Waals surface area contributed by atoms with Crippen molar-refractivity contribution in [1.82, 2.24) is 4.98 Å². The summed E-state index contributed by atoms with van der Waals surface area (Å²) in [7, 11) is 0. The monoisotopic (exact) mass is 293 g/mol. The summed E-state index contributed by atoms with van der Waals surface area (Å²) in [4.78, 5) is 4.25. The molecule has 2 aromatic heterocycles. The van der Waals surface area contributed by atoms with Gasteiger partial charge in [0, 0.05) is 21.9 Å². The zero-order chi connectivity index (χ0) is 12.3. The topological polar surface area (TPSA) is 26.0 Å². The summed E-state index contributed by atoms with van der Waals surface area (Å²) in [6, 6.07) is 9.59. The van der Waals surface area contributed by atoms with Crippen molar-refractivity contribution >= 4 is 66.7 Å². The van der Waals surface area contributed by atoms with E-state index < -0.39 is 0 Å². The number of hydrogen-bond donors (Lipinski definition) is 0. The van der Waals surface area contributed by atoms with Crippen molar-refractivity contribution in [2.24, 2.45) is 0 Å². The lowest BCUT2D eigenvalue weighted by atomic mass is 10.1. The Morgan fingerprint density at radius 2 is 1.83 bits per heavy atom. The normalized spacial score (nSPS) is 11.9. The molecular weight excluding hydrogens is 289 g/mol. The van der Waals surface area contributed by atoms with Crippen LogP contribution in [-0.2, 0) is 0 Å². The lowest BCUT2D eigenvalue weighted by Crippen LogP contribution is -1.69. The third-order valence-electron chi connectivity index (χ3n) is 2.92. The minimum Gasteiger partial charge on any atom is -0.456 e.